The Hall–Kier alpha value is -1.35. The van der Waals surface area contributed by atoms with Crippen molar-refractivity contribution in [2.24, 2.45) is 0 Å². The number of aryl methyl sites for hydroxylation is 2. The number of nitrogens with one attached hydrogen (secondary N) is 2. The first-order valence-electron chi connectivity index (χ1n) is 8.56. The molecule has 0 radical (unpaired) electrons. The molecular formula is C19H21BrN2O3S2. The summed E-state index contributed by atoms with van der Waals surface area (Å²) in [5.74, 6) is 0.0730. The number of benzene rings is 2. The van der Waals surface area contributed by atoms with E-state index in [0.717, 1.165) is 33.3 Å². The molecule has 0 unspecified atom stereocenters. The number of halogens is 1. The Labute approximate surface area is 172 Å². The summed E-state index contributed by atoms with van der Waals surface area (Å²) >= 11 is 4.96. The minimum Gasteiger partial charge on any atom is -0.325 e. The van der Waals surface area contributed by atoms with Crippen molar-refractivity contribution in [3.05, 3.63) is 52.0 Å². The number of carbonyl (C=O) groups excluding carboxylic acids is 1. The van der Waals surface area contributed by atoms with Crippen LogP contribution >= 0.6 is 27.7 Å². The Morgan fingerprint density at radius 1 is 1.19 bits per heavy atom. The molecule has 0 atom stereocenters. The van der Waals surface area contributed by atoms with Crippen LogP contribution in [0, 0.1) is 13.8 Å². The molecule has 5 nitrogen and oxygen atoms in total. The third kappa shape index (κ3) is 5.57. The van der Waals surface area contributed by atoms with Crippen molar-refractivity contribution in [2.45, 2.75) is 42.5 Å². The fourth-order valence-electron chi connectivity index (χ4n) is 2.48. The third-order valence-corrected chi connectivity index (χ3v) is 7.67. The molecule has 0 aliphatic heterocycles. The van der Waals surface area contributed by atoms with Crippen molar-refractivity contribution >= 4 is 49.3 Å². The van der Waals surface area contributed by atoms with E-state index in [1.54, 1.807) is 12.1 Å². The van der Waals surface area contributed by atoms with Gasteiger partial charge in [0.1, 0.15) is 0 Å². The molecule has 3 rings (SSSR count). The normalized spacial score (nSPS) is 14.2. The van der Waals surface area contributed by atoms with Crippen LogP contribution in [-0.4, -0.2) is 26.1 Å². The van der Waals surface area contributed by atoms with E-state index >= 15 is 0 Å². The molecule has 144 valence electrons. The molecule has 1 aliphatic carbocycles. The van der Waals surface area contributed by atoms with Crippen molar-refractivity contribution in [3.8, 4) is 0 Å². The van der Waals surface area contributed by atoms with Crippen LogP contribution in [0.1, 0.15) is 24.0 Å². The second kappa shape index (κ2) is 8.34. The predicted molar refractivity (Wildman–Crippen MR) is 113 cm³/mol. The Kier molecular flexibility index (Phi) is 6.30. The van der Waals surface area contributed by atoms with Crippen molar-refractivity contribution in [3.63, 3.8) is 0 Å². The van der Waals surface area contributed by atoms with Gasteiger partial charge in [-0.25, -0.2) is 13.1 Å². The van der Waals surface area contributed by atoms with Crippen molar-refractivity contribution < 1.29 is 13.2 Å². The maximum Gasteiger partial charge on any atom is 0.240 e. The van der Waals surface area contributed by atoms with E-state index in [-0.39, 0.29) is 22.6 Å². The number of amides is 1. The quantitative estimate of drug-likeness (QED) is 0.595. The van der Waals surface area contributed by atoms with Crippen LogP contribution in [-0.2, 0) is 14.8 Å². The SMILES string of the molecule is Cc1cc(SCC(=O)Nc2cccc(S(=O)(=O)NC3CC3)c2)c(C)cc1Br. The smallest absolute Gasteiger partial charge is 0.240 e. The van der Waals surface area contributed by atoms with Crippen LogP contribution in [0.5, 0.6) is 0 Å². The van der Waals surface area contributed by atoms with Crippen LogP contribution in [0.2, 0.25) is 0 Å². The summed E-state index contributed by atoms with van der Waals surface area (Å²) < 4.78 is 28.3. The summed E-state index contributed by atoms with van der Waals surface area (Å²) in [6, 6.07) is 10.5. The van der Waals surface area contributed by atoms with Gasteiger partial charge in [-0.05, 0) is 68.1 Å². The van der Waals surface area contributed by atoms with Gasteiger partial charge in [0, 0.05) is 21.1 Å². The minimum absolute atomic E-state index is 0.0438. The zero-order valence-corrected chi connectivity index (χ0v) is 18.3. The van der Waals surface area contributed by atoms with Gasteiger partial charge in [-0.3, -0.25) is 4.79 Å². The molecule has 0 heterocycles. The predicted octanol–water partition coefficient (Wildman–Crippen LogP) is 4.24. The number of hydrogen-bond donors (Lipinski definition) is 2. The fraction of sp³-hybridized carbons (Fsp3) is 0.316. The second-order valence-corrected chi connectivity index (χ2v) is 10.2. The van der Waals surface area contributed by atoms with Crippen LogP contribution in [0.25, 0.3) is 0 Å². The summed E-state index contributed by atoms with van der Waals surface area (Å²) in [6.45, 7) is 4.01. The Bertz CT molecular complexity index is 973. The molecule has 1 fully saturated rings. The zero-order valence-electron chi connectivity index (χ0n) is 15.1. The molecule has 27 heavy (non-hydrogen) atoms. The Balaban J connectivity index is 1.63. The lowest BCUT2D eigenvalue weighted by Crippen LogP contribution is -2.25. The maximum absolute atomic E-state index is 12.3. The van der Waals surface area contributed by atoms with Gasteiger partial charge in [0.05, 0.1) is 10.6 Å². The average molecular weight is 469 g/mol. The molecule has 0 bridgehead atoms. The van der Waals surface area contributed by atoms with E-state index in [9.17, 15) is 13.2 Å². The third-order valence-electron chi connectivity index (χ3n) is 4.14. The molecule has 1 aliphatic rings. The van der Waals surface area contributed by atoms with Crippen LogP contribution in [0.3, 0.4) is 0 Å². The first kappa shape index (κ1) is 20.4. The molecule has 0 spiro atoms. The Morgan fingerprint density at radius 3 is 2.63 bits per heavy atom. The lowest BCUT2D eigenvalue weighted by molar-refractivity contribution is -0.113. The van der Waals surface area contributed by atoms with Gasteiger partial charge in [0.15, 0.2) is 0 Å². The van der Waals surface area contributed by atoms with Gasteiger partial charge in [0.25, 0.3) is 0 Å². The molecule has 1 saturated carbocycles. The number of rotatable bonds is 7. The molecular weight excluding hydrogens is 448 g/mol. The van der Waals surface area contributed by atoms with E-state index in [0.29, 0.717) is 5.69 Å². The highest BCUT2D eigenvalue weighted by Gasteiger charge is 2.28. The summed E-state index contributed by atoms with van der Waals surface area (Å²) in [6.07, 6.45) is 1.75. The van der Waals surface area contributed by atoms with Gasteiger partial charge in [-0.15, -0.1) is 11.8 Å². The molecule has 2 aromatic rings. The van der Waals surface area contributed by atoms with Crippen LogP contribution < -0.4 is 10.0 Å². The molecule has 8 heteroatoms. The number of hydrogen-bond acceptors (Lipinski definition) is 4. The monoisotopic (exact) mass is 468 g/mol. The van der Waals surface area contributed by atoms with Crippen molar-refractivity contribution in [1.82, 2.24) is 4.72 Å². The average Bonchev–Trinajstić information content (AvgIpc) is 3.40. The molecule has 2 N–H and O–H groups in total. The molecule has 2 aromatic carbocycles. The van der Waals surface area contributed by atoms with Crippen molar-refractivity contribution in [2.75, 3.05) is 11.1 Å². The molecule has 0 saturated heterocycles. The van der Waals surface area contributed by atoms with E-state index < -0.39 is 10.0 Å². The van der Waals surface area contributed by atoms with Gasteiger partial charge in [-0.2, -0.15) is 0 Å². The summed E-state index contributed by atoms with van der Waals surface area (Å²) in [7, 11) is -3.54. The summed E-state index contributed by atoms with van der Waals surface area (Å²) in [5, 5.41) is 2.78. The van der Waals surface area contributed by atoms with Gasteiger partial charge >= 0.3 is 0 Å². The number of anilines is 1. The van der Waals surface area contributed by atoms with Crippen molar-refractivity contribution in [1.29, 1.82) is 0 Å². The topological polar surface area (TPSA) is 75.3 Å². The number of sulfonamides is 1. The first-order chi connectivity index (χ1) is 12.7. The minimum atomic E-state index is -3.54. The molecule has 1 amide bonds. The number of thioether (sulfide) groups is 1. The van der Waals surface area contributed by atoms with Gasteiger partial charge in [0.2, 0.25) is 15.9 Å². The maximum atomic E-state index is 12.3. The molecule has 0 aromatic heterocycles. The first-order valence-corrected chi connectivity index (χ1v) is 11.8. The fourth-order valence-corrected chi connectivity index (χ4v) is 5.19. The largest absolute Gasteiger partial charge is 0.325 e. The standard InChI is InChI=1S/C19H21BrN2O3S2/c1-12-9-18(13(2)8-17(12)20)26-11-19(23)21-15-4-3-5-16(10-15)27(24,25)22-14-6-7-14/h3-5,8-10,14,22H,6-7,11H2,1-2H3,(H,21,23). The highest BCUT2D eigenvalue weighted by atomic mass is 79.9. The summed E-state index contributed by atoms with van der Waals surface area (Å²) in [4.78, 5) is 13.5. The van der Waals surface area contributed by atoms with E-state index in [1.807, 2.05) is 26.0 Å². The zero-order chi connectivity index (χ0) is 19.6. The lowest BCUT2D eigenvalue weighted by atomic mass is 10.2. The number of carbonyl (C=O) groups is 1. The van der Waals surface area contributed by atoms with Crippen LogP contribution in [0.15, 0.2) is 50.7 Å². The highest BCUT2D eigenvalue weighted by Crippen LogP contribution is 2.28. The lowest BCUT2D eigenvalue weighted by Gasteiger charge is -2.10. The highest BCUT2D eigenvalue weighted by molar-refractivity contribution is 9.10. The van der Waals surface area contributed by atoms with Gasteiger partial charge in [-0.1, -0.05) is 22.0 Å². The van der Waals surface area contributed by atoms with E-state index in [4.69, 9.17) is 0 Å². The van der Waals surface area contributed by atoms with E-state index in [1.165, 1.54) is 23.9 Å². The Morgan fingerprint density at radius 2 is 1.93 bits per heavy atom. The second-order valence-electron chi connectivity index (χ2n) is 6.63. The van der Waals surface area contributed by atoms with E-state index in [2.05, 4.69) is 26.0 Å². The van der Waals surface area contributed by atoms with Gasteiger partial charge < -0.3 is 5.32 Å². The van der Waals surface area contributed by atoms with Crippen LogP contribution in [0.4, 0.5) is 5.69 Å². The summed E-state index contributed by atoms with van der Waals surface area (Å²) in [5.41, 5.74) is 2.69.